The van der Waals surface area contributed by atoms with Crippen LogP contribution in [0.3, 0.4) is 0 Å². The topological polar surface area (TPSA) is 60.0 Å². The van der Waals surface area contributed by atoms with Crippen LogP contribution in [0.15, 0.2) is 18.2 Å². The van der Waals surface area contributed by atoms with Crippen LogP contribution < -0.4 is 19.5 Å². The first kappa shape index (κ1) is 12.0. The minimum absolute atomic E-state index is 0.144. The van der Waals surface area contributed by atoms with Crippen LogP contribution in [0.5, 0.6) is 17.2 Å². The summed E-state index contributed by atoms with van der Waals surface area (Å²) in [6.07, 6.45) is 0.668. The SMILES string of the molecule is CNC(CCO)COc1ccc2c(c1)OCO2. The zero-order chi connectivity index (χ0) is 12.1. The van der Waals surface area contributed by atoms with Gasteiger partial charge >= 0.3 is 0 Å². The molecule has 1 atom stereocenters. The molecule has 5 heteroatoms. The first-order valence-electron chi connectivity index (χ1n) is 5.64. The van der Waals surface area contributed by atoms with Gasteiger partial charge in [-0.15, -0.1) is 0 Å². The zero-order valence-corrected chi connectivity index (χ0v) is 9.81. The van der Waals surface area contributed by atoms with E-state index in [0.29, 0.717) is 18.8 Å². The summed E-state index contributed by atoms with van der Waals surface area (Å²) in [7, 11) is 1.85. The molecule has 0 fully saturated rings. The van der Waals surface area contributed by atoms with E-state index in [9.17, 15) is 0 Å². The van der Waals surface area contributed by atoms with Crippen molar-refractivity contribution in [1.29, 1.82) is 0 Å². The highest BCUT2D eigenvalue weighted by Gasteiger charge is 2.14. The van der Waals surface area contributed by atoms with Gasteiger partial charge in [0.05, 0.1) is 0 Å². The van der Waals surface area contributed by atoms with Crippen molar-refractivity contribution in [3.8, 4) is 17.2 Å². The lowest BCUT2D eigenvalue weighted by molar-refractivity contribution is 0.173. The van der Waals surface area contributed by atoms with Crippen molar-refractivity contribution in [3.63, 3.8) is 0 Å². The van der Waals surface area contributed by atoms with Crippen LogP contribution in [0.1, 0.15) is 6.42 Å². The Hall–Kier alpha value is -1.46. The number of hydrogen-bond acceptors (Lipinski definition) is 5. The molecule has 2 N–H and O–H groups in total. The van der Waals surface area contributed by atoms with Gasteiger partial charge < -0.3 is 24.6 Å². The summed E-state index contributed by atoms with van der Waals surface area (Å²) < 4.78 is 16.1. The van der Waals surface area contributed by atoms with Gasteiger partial charge in [0.2, 0.25) is 6.79 Å². The number of likely N-dealkylation sites (N-methyl/N-ethyl adjacent to an activating group) is 1. The number of benzene rings is 1. The average Bonchev–Trinajstić information content (AvgIpc) is 2.81. The molecule has 1 unspecified atom stereocenters. The molecule has 0 amide bonds. The van der Waals surface area contributed by atoms with Crippen LogP contribution in [0.25, 0.3) is 0 Å². The first-order chi connectivity index (χ1) is 8.33. The van der Waals surface area contributed by atoms with Crippen molar-refractivity contribution in [2.24, 2.45) is 0 Å². The standard InChI is InChI=1S/C12H17NO4/c1-13-9(4-5-14)7-15-10-2-3-11-12(6-10)17-8-16-11/h2-3,6,9,13-14H,4-5,7-8H2,1H3. The summed E-state index contributed by atoms with van der Waals surface area (Å²) in [5, 5.41) is 11.9. The van der Waals surface area contributed by atoms with E-state index in [-0.39, 0.29) is 19.4 Å². The van der Waals surface area contributed by atoms with Gasteiger partial charge in [0, 0.05) is 18.7 Å². The fourth-order valence-electron chi connectivity index (χ4n) is 1.63. The number of hydrogen-bond donors (Lipinski definition) is 2. The normalized spacial score (nSPS) is 14.7. The maximum atomic E-state index is 8.86. The molecule has 5 nitrogen and oxygen atoms in total. The molecule has 0 radical (unpaired) electrons. The molecule has 1 aliphatic rings. The van der Waals surface area contributed by atoms with Gasteiger partial charge in [0.1, 0.15) is 12.4 Å². The van der Waals surface area contributed by atoms with E-state index < -0.39 is 0 Å². The predicted molar refractivity (Wildman–Crippen MR) is 62.6 cm³/mol. The van der Waals surface area contributed by atoms with Crippen LogP contribution >= 0.6 is 0 Å². The molecular formula is C12H17NO4. The third kappa shape index (κ3) is 3.01. The van der Waals surface area contributed by atoms with Crippen LogP contribution in [0.4, 0.5) is 0 Å². The lowest BCUT2D eigenvalue weighted by Gasteiger charge is -2.15. The van der Waals surface area contributed by atoms with Crippen LogP contribution in [0, 0.1) is 0 Å². The highest BCUT2D eigenvalue weighted by Crippen LogP contribution is 2.35. The molecule has 1 aliphatic heterocycles. The van der Waals surface area contributed by atoms with E-state index in [4.69, 9.17) is 19.3 Å². The lowest BCUT2D eigenvalue weighted by atomic mass is 10.2. The van der Waals surface area contributed by atoms with Crippen molar-refractivity contribution in [3.05, 3.63) is 18.2 Å². The Morgan fingerprint density at radius 3 is 3.00 bits per heavy atom. The second kappa shape index (κ2) is 5.75. The summed E-state index contributed by atoms with van der Waals surface area (Å²) >= 11 is 0. The molecule has 94 valence electrons. The zero-order valence-electron chi connectivity index (χ0n) is 9.81. The largest absolute Gasteiger partial charge is 0.492 e. The van der Waals surface area contributed by atoms with E-state index in [1.54, 1.807) is 0 Å². The fraction of sp³-hybridized carbons (Fsp3) is 0.500. The molecule has 2 rings (SSSR count). The van der Waals surface area contributed by atoms with Gasteiger partial charge in [-0.05, 0) is 25.6 Å². The number of aliphatic hydroxyl groups is 1. The summed E-state index contributed by atoms with van der Waals surface area (Å²) in [6, 6.07) is 5.64. The van der Waals surface area contributed by atoms with Crippen molar-refractivity contribution >= 4 is 0 Å². The average molecular weight is 239 g/mol. The highest BCUT2D eigenvalue weighted by atomic mass is 16.7. The number of nitrogens with one attached hydrogen (secondary N) is 1. The smallest absolute Gasteiger partial charge is 0.231 e. The summed E-state index contributed by atoms with van der Waals surface area (Å²) in [6.45, 7) is 0.926. The third-order valence-electron chi connectivity index (χ3n) is 2.68. The Kier molecular flexibility index (Phi) is 4.06. The minimum Gasteiger partial charge on any atom is -0.492 e. The molecule has 17 heavy (non-hydrogen) atoms. The molecule has 0 saturated carbocycles. The Labute approximate surface area is 100 Å². The Morgan fingerprint density at radius 2 is 2.24 bits per heavy atom. The third-order valence-corrected chi connectivity index (χ3v) is 2.68. The molecule has 0 aromatic heterocycles. The molecule has 0 bridgehead atoms. The number of fused-ring (bicyclic) bond motifs is 1. The molecule has 1 aromatic carbocycles. The Morgan fingerprint density at radius 1 is 1.41 bits per heavy atom. The van der Waals surface area contributed by atoms with E-state index in [0.717, 1.165) is 11.5 Å². The maximum Gasteiger partial charge on any atom is 0.231 e. The fourth-order valence-corrected chi connectivity index (χ4v) is 1.63. The monoisotopic (exact) mass is 239 g/mol. The van der Waals surface area contributed by atoms with Crippen molar-refractivity contribution in [1.82, 2.24) is 5.32 Å². The predicted octanol–water partition coefficient (Wildman–Crippen LogP) is 0.764. The van der Waals surface area contributed by atoms with Crippen molar-refractivity contribution < 1.29 is 19.3 Å². The molecule has 0 spiro atoms. The molecule has 1 aromatic rings. The number of rotatable bonds is 6. The number of ether oxygens (including phenoxy) is 3. The van der Waals surface area contributed by atoms with E-state index >= 15 is 0 Å². The Balaban J connectivity index is 1.90. The van der Waals surface area contributed by atoms with Gasteiger partial charge in [0.25, 0.3) is 0 Å². The maximum absolute atomic E-state index is 8.86. The molecule has 0 saturated heterocycles. The highest BCUT2D eigenvalue weighted by molar-refractivity contribution is 5.46. The van der Waals surface area contributed by atoms with Crippen molar-refractivity contribution in [2.75, 3.05) is 27.1 Å². The second-order valence-corrected chi connectivity index (χ2v) is 3.82. The minimum atomic E-state index is 0.144. The van der Waals surface area contributed by atoms with Gasteiger partial charge in [-0.2, -0.15) is 0 Å². The summed E-state index contributed by atoms with van der Waals surface area (Å²) in [5.41, 5.74) is 0. The van der Waals surface area contributed by atoms with Gasteiger partial charge in [0.15, 0.2) is 11.5 Å². The van der Waals surface area contributed by atoms with Crippen LogP contribution in [-0.2, 0) is 0 Å². The quantitative estimate of drug-likeness (QED) is 0.767. The van der Waals surface area contributed by atoms with E-state index in [1.807, 2.05) is 25.2 Å². The second-order valence-electron chi connectivity index (χ2n) is 3.82. The summed E-state index contributed by atoms with van der Waals surface area (Å²) in [4.78, 5) is 0. The number of aliphatic hydroxyl groups excluding tert-OH is 1. The van der Waals surface area contributed by atoms with Gasteiger partial charge in [-0.3, -0.25) is 0 Å². The Bertz CT molecular complexity index is 370. The van der Waals surface area contributed by atoms with Gasteiger partial charge in [-0.1, -0.05) is 0 Å². The van der Waals surface area contributed by atoms with E-state index in [1.165, 1.54) is 0 Å². The van der Waals surface area contributed by atoms with Crippen LogP contribution in [-0.4, -0.2) is 38.2 Å². The lowest BCUT2D eigenvalue weighted by Crippen LogP contribution is -2.32. The molecule has 0 aliphatic carbocycles. The molecule has 1 heterocycles. The van der Waals surface area contributed by atoms with Gasteiger partial charge in [-0.25, -0.2) is 0 Å². The first-order valence-corrected chi connectivity index (χ1v) is 5.64. The van der Waals surface area contributed by atoms with Crippen LogP contribution in [0.2, 0.25) is 0 Å². The molecular weight excluding hydrogens is 222 g/mol. The summed E-state index contributed by atoms with van der Waals surface area (Å²) in [5.74, 6) is 2.20. The van der Waals surface area contributed by atoms with E-state index in [2.05, 4.69) is 5.32 Å². The van der Waals surface area contributed by atoms with Crippen molar-refractivity contribution in [2.45, 2.75) is 12.5 Å².